The molecule has 0 unspecified atom stereocenters. The van der Waals surface area contributed by atoms with Gasteiger partial charge >= 0.3 is 10.1 Å². The largest absolute Gasteiger partial charge is 0.461 e. The highest BCUT2D eigenvalue weighted by Gasteiger charge is 2.22. The van der Waals surface area contributed by atoms with Crippen LogP contribution in [0.5, 0.6) is 5.75 Å². The summed E-state index contributed by atoms with van der Waals surface area (Å²) < 4.78 is 38.8. The van der Waals surface area contributed by atoms with Gasteiger partial charge in [0.15, 0.2) is 5.76 Å². The van der Waals surface area contributed by atoms with E-state index in [0.29, 0.717) is 5.58 Å². The molecule has 0 aliphatic heterocycles. The van der Waals surface area contributed by atoms with Crippen LogP contribution in [0.2, 0.25) is 0 Å². The van der Waals surface area contributed by atoms with E-state index in [1.807, 2.05) is 13.0 Å². The molecule has 0 amide bonds. The number of hydrogen-bond donors (Lipinski definition) is 0. The summed E-state index contributed by atoms with van der Waals surface area (Å²) in [5, 5.41) is 0.262. The lowest BCUT2D eigenvalue weighted by Crippen LogP contribution is -2.15. The van der Waals surface area contributed by atoms with Crippen LogP contribution in [0.1, 0.15) is 12.5 Å². The Kier molecular flexibility index (Phi) is 3.73. The Morgan fingerprint density at radius 1 is 1.22 bits per heavy atom. The van der Waals surface area contributed by atoms with Crippen LogP contribution in [-0.2, 0) is 16.5 Å². The molecule has 23 heavy (non-hydrogen) atoms. The summed E-state index contributed by atoms with van der Waals surface area (Å²) in [6.07, 6.45) is 2.99. The molecule has 3 rings (SSSR count). The molecule has 1 aromatic carbocycles. The number of hydrogen-bond acceptors (Lipinski definition) is 6. The van der Waals surface area contributed by atoms with E-state index in [2.05, 4.69) is 0 Å². The normalized spacial score (nSPS) is 11.7. The smallest absolute Gasteiger partial charge is 0.306 e. The summed E-state index contributed by atoms with van der Waals surface area (Å²) in [7, 11) is -3.90. The predicted molar refractivity (Wildman–Crippen MR) is 85.0 cm³/mol. The van der Waals surface area contributed by atoms with Gasteiger partial charge in [0, 0.05) is 0 Å². The minimum atomic E-state index is -3.90. The van der Waals surface area contributed by atoms with Crippen molar-refractivity contribution in [1.29, 1.82) is 0 Å². The van der Waals surface area contributed by atoms with E-state index in [4.69, 9.17) is 13.0 Å². The Labute approximate surface area is 132 Å². The van der Waals surface area contributed by atoms with Crippen molar-refractivity contribution in [2.24, 2.45) is 0 Å². The van der Waals surface area contributed by atoms with Gasteiger partial charge in [-0.25, -0.2) is 0 Å². The molecule has 0 aliphatic carbocycles. The standard InChI is InChI=1S/C16H14O6S/c1-3-10-6-7-12-11(9-10)14(17)16(22-23(2,18)19)15(21-12)13-5-4-8-20-13/h4-9H,3H2,1-2H3. The summed E-state index contributed by atoms with van der Waals surface area (Å²) in [6.45, 7) is 1.95. The van der Waals surface area contributed by atoms with E-state index in [1.165, 1.54) is 6.26 Å². The minimum Gasteiger partial charge on any atom is -0.461 e. The highest BCUT2D eigenvalue weighted by molar-refractivity contribution is 7.86. The van der Waals surface area contributed by atoms with Crippen LogP contribution in [-0.4, -0.2) is 14.7 Å². The molecule has 0 N–H and O–H groups in total. The molecule has 2 heterocycles. The van der Waals surface area contributed by atoms with E-state index < -0.39 is 21.3 Å². The quantitative estimate of drug-likeness (QED) is 0.682. The fraction of sp³-hybridized carbons (Fsp3) is 0.188. The molecular weight excluding hydrogens is 320 g/mol. The maximum absolute atomic E-state index is 12.7. The van der Waals surface area contributed by atoms with Crippen LogP contribution in [0.15, 0.2) is 50.2 Å². The molecule has 0 spiro atoms. The highest BCUT2D eigenvalue weighted by atomic mass is 32.2. The van der Waals surface area contributed by atoms with Crippen LogP contribution in [0.3, 0.4) is 0 Å². The molecule has 0 saturated carbocycles. The van der Waals surface area contributed by atoms with Crippen LogP contribution in [0.4, 0.5) is 0 Å². The fourth-order valence-corrected chi connectivity index (χ4v) is 2.70. The molecule has 120 valence electrons. The monoisotopic (exact) mass is 334 g/mol. The number of fused-ring (bicyclic) bond motifs is 1. The molecule has 2 aromatic heterocycles. The zero-order valence-corrected chi connectivity index (χ0v) is 13.3. The van der Waals surface area contributed by atoms with Crippen molar-refractivity contribution in [2.75, 3.05) is 6.26 Å². The minimum absolute atomic E-state index is 0.0535. The van der Waals surface area contributed by atoms with Crippen molar-refractivity contribution in [2.45, 2.75) is 13.3 Å². The van der Waals surface area contributed by atoms with Gasteiger partial charge in [-0.05, 0) is 36.2 Å². The van der Waals surface area contributed by atoms with Crippen LogP contribution < -0.4 is 9.61 Å². The topological polar surface area (TPSA) is 86.7 Å². The van der Waals surface area contributed by atoms with Gasteiger partial charge in [0.05, 0.1) is 17.9 Å². The Morgan fingerprint density at radius 2 is 2.00 bits per heavy atom. The first-order valence-electron chi connectivity index (χ1n) is 6.92. The molecule has 7 heteroatoms. The van der Waals surface area contributed by atoms with E-state index >= 15 is 0 Å². The van der Waals surface area contributed by atoms with Crippen LogP contribution in [0, 0.1) is 0 Å². The predicted octanol–water partition coefficient (Wildman–Crippen LogP) is 2.95. The number of furan rings is 1. The summed E-state index contributed by atoms with van der Waals surface area (Å²) in [6, 6.07) is 8.34. The van der Waals surface area contributed by atoms with E-state index in [-0.39, 0.29) is 16.9 Å². The summed E-state index contributed by atoms with van der Waals surface area (Å²) >= 11 is 0. The summed E-state index contributed by atoms with van der Waals surface area (Å²) in [5.41, 5.74) is 0.707. The number of rotatable bonds is 4. The molecule has 0 bridgehead atoms. The Balaban J connectivity index is 2.37. The number of benzene rings is 1. The maximum atomic E-state index is 12.7. The lowest BCUT2D eigenvalue weighted by atomic mass is 10.1. The summed E-state index contributed by atoms with van der Waals surface area (Å²) in [4.78, 5) is 12.7. The Morgan fingerprint density at radius 3 is 2.61 bits per heavy atom. The third kappa shape index (κ3) is 3.00. The van der Waals surface area contributed by atoms with Crippen molar-refractivity contribution in [3.63, 3.8) is 0 Å². The first-order valence-corrected chi connectivity index (χ1v) is 8.74. The maximum Gasteiger partial charge on any atom is 0.306 e. The van der Waals surface area contributed by atoms with Gasteiger partial charge < -0.3 is 13.0 Å². The van der Waals surface area contributed by atoms with Gasteiger partial charge in [0.2, 0.25) is 16.9 Å². The van der Waals surface area contributed by atoms with Crippen molar-refractivity contribution in [3.05, 3.63) is 52.4 Å². The first kappa shape index (κ1) is 15.4. The van der Waals surface area contributed by atoms with Crippen molar-refractivity contribution in [1.82, 2.24) is 0 Å². The van der Waals surface area contributed by atoms with Gasteiger partial charge in [-0.2, -0.15) is 8.42 Å². The lowest BCUT2D eigenvalue weighted by molar-refractivity contribution is 0.469. The Bertz CT molecular complexity index is 1010. The Hall–Kier alpha value is -2.54. The van der Waals surface area contributed by atoms with Gasteiger partial charge in [-0.15, -0.1) is 0 Å². The average molecular weight is 334 g/mol. The van der Waals surface area contributed by atoms with Gasteiger partial charge in [0.1, 0.15) is 5.58 Å². The highest BCUT2D eigenvalue weighted by Crippen LogP contribution is 2.32. The van der Waals surface area contributed by atoms with Gasteiger partial charge in [-0.3, -0.25) is 4.79 Å². The fourth-order valence-electron chi connectivity index (χ4n) is 2.24. The number of aryl methyl sites for hydroxylation is 1. The van der Waals surface area contributed by atoms with Crippen LogP contribution >= 0.6 is 0 Å². The van der Waals surface area contributed by atoms with Crippen molar-refractivity contribution in [3.8, 4) is 17.3 Å². The molecule has 3 aromatic rings. The van der Waals surface area contributed by atoms with Crippen molar-refractivity contribution >= 4 is 21.1 Å². The van der Waals surface area contributed by atoms with E-state index in [1.54, 1.807) is 24.3 Å². The molecule has 0 aliphatic rings. The molecule has 0 saturated heterocycles. The van der Waals surface area contributed by atoms with Gasteiger partial charge in [0.25, 0.3) is 0 Å². The van der Waals surface area contributed by atoms with E-state index in [0.717, 1.165) is 18.2 Å². The molecule has 0 atom stereocenters. The third-order valence-corrected chi connectivity index (χ3v) is 3.77. The SMILES string of the molecule is CCc1ccc2oc(-c3ccco3)c(OS(C)(=O)=O)c(=O)c2c1. The molecule has 0 fully saturated rings. The third-order valence-electron chi connectivity index (χ3n) is 3.30. The second-order valence-corrected chi connectivity index (χ2v) is 6.61. The molecule has 6 nitrogen and oxygen atoms in total. The average Bonchev–Trinajstić information content (AvgIpc) is 3.02. The lowest BCUT2D eigenvalue weighted by Gasteiger charge is -2.09. The second-order valence-electron chi connectivity index (χ2n) is 5.04. The van der Waals surface area contributed by atoms with E-state index in [9.17, 15) is 13.2 Å². The van der Waals surface area contributed by atoms with Crippen LogP contribution in [0.25, 0.3) is 22.5 Å². The molecular formula is C16H14O6S. The van der Waals surface area contributed by atoms with Gasteiger partial charge in [-0.1, -0.05) is 13.0 Å². The van der Waals surface area contributed by atoms with Crippen molar-refractivity contribution < 1.29 is 21.4 Å². The second kappa shape index (κ2) is 5.58. The zero-order chi connectivity index (χ0) is 16.6. The zero-order valence-electron chi connectivity index (χ0n) is 12.5. The first-order chi connectivity index (χ1) is 10.9. The summed E-state index contributed by atoms with van der Waals surface area (Å²) in [5.74, 6) is -0.243. The molecule has 0 radical (unpaired) electrons.